The summed E-state index contributed by atoms with van der Waals surface area (Å²) in [7, 11) is 1.68. The zero-order valence-electron chi connectivity index (χ0n) is 8.97. The van der Waals surface area contributed by atoms with Crippen LogP contribution in [0.3, 0.4) is 0 Å². The standard InChI is InChI=1S/C9H10N4O2S2/c1-13-4-2-5(7(15)12-9(10)11)17-8(4)16-3-6(13)14/h2H,3H2,1H3,(H4,10,11,12,15). The first-order valence-electron chi connectivity index (χ1n) is 4.66. The fourth-order valence-electron chi connectivity index (χ4n) is 1.34. The van der Waals surface area contributed by atoms with Gasteiger partial charge in [-0.2, -0.15) is 4.99 Å². The van der Waals surface area contributed by atoms with Gasteiger partial charge in [-0.25, -0.2) is 0 Å². The maximum absolute atomic E-state index is 11.6. The van der Waals surface area contributed by atoms with Gasteiger partial charge in [-0.15, -0.1) is 23.1 Å². The Bertz CT molecular complexity index is 519. The summed E-state index contributed by atoms with van der Waals surface area (Å²) in [6.07, 6.45) is 0. The monoisotopic (exact) mass is 270 g/mol. The largest absolute Gasteiger partial charge is 0.370 e. The summed E-state index contributed by atoms with van der Waals surface area (Å²) in [6.45, 7) is 0. The zero-order chi connectivity index (χ0) is 12.6. The van der Waals surface area contributed by atoms with E-state index in [1.54, 1.807) is 13.1 Å². The smallest absolute Gasteiger partial charge is 0.290 e. The lowest BCUT2D eigenvalue weighted by Crippen LogP contribution is -2.30. The Labute approximate surface area is 106 Å². The number of amides is 2. The molecule has 0 bridgehead atoms. The molecule has 4 N–H and O–H groups in total. The molecular formula is C9H10N4O2S2. The number of nitrogens with zero attached hydrogens (tertiary/aromatic N) is 2. The van der Waals surface area contributed by atoms with Gasteiger partial charge in [-0.3, -0.25) is 9.59 Å². The van der Waals surface area contributed by atoms with Gasteiger partial charge in [0.25, 0.3) is 5.91 Å². The van der Waals surface area contributed by atoms with Crippen LogP contribution in [0.4, 0.5) is 5.69 Å². The van der Waals surface area contributed by atoms with Crippen LogP contribution in [0.1, 0.15) is 9.67 Å². The summed E-state index contributed by atoms with van der Waals surface area (Å²) >= 11 is 2.71. The van der Waals surface area contributed by atoms with Gasteiger partial charge in [0.2, 0.25) is 5.91 Å². The van der Waals surface area contributed by atoms with Crippen molar-refractivity contribution in [3.8, 4) is 0 Å². The second-order valence-corrected chi connectivity index (χ2v) is 5.66. The van der Waals surface area contributed by atoms with Crippen LogP contribution < -0.4 is 16.4 Å². The number of guanidine groups is 1. The first kappa shape index (κ1) is 11.9. The first-order valence-corrected chi connectivity index (χ1v) is 6.46. The second kappa shape index (κ2) is 4.38. The lowest BCUT2D eigenvalue weighted by molar-refractivity contribution is -0.116. The maximum atomic E-state index is 11.6. The van der Waals surface area contributed by atoms with E-state index in [2.05, 4.69) is 4.99 Å². The fraction of sp³-hybridized carbons (Fsp3) is 0.222. The third kappa shape index (κ3) is 2.27. The van der Waals surface area contributed by atoms with Gasteiger partial charge in [0.05, 0.1) is 20.5 Å². The molecule has 17 heavy (non-hydrogen) atoms. The SMILES string of the molecule is CN1C(=O)CSc2sc(C(=O)N=C(N)N)cc21. The van der Waals surface area contributed by atoms with Gasteiger partial charge in [0.1, 0.15) is 0 Å². The minimum absolute atomic E-state index is 0.0149. The van der Waals surface area contributed by atoms with Crippen molar-refractivity contribution < 1.29 is 9.59 Å². The Balaban J connectivity index is 2.35. The summed E-state index contributed by atoms with van der Waals surface area (Å²) in [4.78, 5) is 28.5. The summed E-state index contributed by atoms with van der Waals surface area (Å²) in [6, 6.07) is 1.64. The quantitative estimate of drug-likeness (QED) is 0.562. The highest BCUT2D eigenvalue weighted by Crippen LogP contribution is 2.41. The molecule has 0 radical (unpaired) electrons. The highest BCUT2D eigenvalue weighted by Gasteiger charge is 2.25. The molecule has 90 valence electrons. The van der Waals surface area contributed by atoms with Gasteiger partial charge >= 0.3 is 0 Å². The Morgan fingerprint density at radius 1 is 1.53 bits per heavy atom. The van der Waals surface area contributed by atoms with E-state index in [1.165, 1.54) is 28.0 Å². The lowest BCUT2D eigenvalue weighted by atomic mass is 10.3. The van der Waals surface area contributed by atoms with Crippen molar-refractivity contribution >= 4 is 46.6 Å². The Hall–Kier alpha value is -1.54. The summed E-state index contributed by atoms with van der Waals surface area (Å²) in [5.74, 6) is -0.342. The van der Waals surface area contributed by atoms with Gasteiger partial charge in [-0.05, 0) is 6.07 Å². The molecule has 6 nitrogen and oxygen atoms in total. The molecule has 8 heteroatoms. The number of hydrogen-bond donors (Lipinski definition) is 2. The van der Waals surface area contributed by atoms with E-state index in [1.807, 2.05) is 0 Å². The lowest BCUT2D eigenvalue weighted by Gasteiger charge is -2.21. The number of carbonyl (C=O) groups excluding carboxylic acids is 2. The molecule has 1 aromatic heterocycles. The zero-order valence-corrected chi connectivity index (χ0v) is 10.6. The van der Waals surface area contributed by atoms with E-state index >= 15 is 0 Å². The van der Waals surface area contributed by atoms with Crippen molar-refractivity contribution in [3.05, 3.63) is 10.9 Å². The summed E-state index contributed by atoms with van der Waals surface area (Å²) in [5.41, 5.74) is 11.0. The molecule has 0 unspecified atom stereocenters. The molecule has 2 rings (SSSR count). The van der Waals surface area contributed by atoms with E-state index in [4.69, 9.17) is 11.5 Å². The maximum Gasteiger partial charge on any atom is 0.290 e. The van der Waals surface area contributed by atoms with Gasteiger partial charge < -0.3 is 16.4 Å². The molecule has 0 saturated heterocycles. The predicted octanol–water partition coefficient (Wildman–Crippen LogP) is 0.230. The van der Waals surface area contributed by atoms with Crippen molar-refractivity contribution in [2.45, 2.75) is 4.21 Å². The Kier molecular flexibility index (Phi) is 3.07. The van der Waals surface area contributed by atoms with Crippen LogP contribution in [-0.2, 0) is 4.79 Å². The van der Waals surface area contributed by atoms with Crippen LogP contribution in [0.25, 0.3) is 0 Å². The van der Waals surface area contributed by atoms with Crippen molar-refractivity contribution in [1.82, 2.24) is 0 Å². The third-order valence-electron chi connectivity index (χ3n) is 2.18. The summed E-state index contributed by atoms with van der Waals surface area (Å²) in [5, 5.41) is 0. The Morgan fingerprint density at radius 3 is 2.88 bits per heavy atom. The topological polar surface area (TPSA) is 102 Å². The minimum Gasteiger partial charge on any atom is -0.370 e. The molecule has 0 atom stereocenters. The van der Waals surface area contributed by atoms with Crippen LogP contribution in [0.15, 0.2) is 15.3 Å². The number of fused-ring (bicyclic) bond motifs is 1. The van der Waals surface area contributed by atoms with E-state index in [0.717, 1.165) is 9.90 Å². The van der Waals surface area contributed by atoms with Crippen LogP contribution in [0.5, 0.6) is 0 Å². The van der Waals surface area contributed by atoms with E-state index < -0.39 is 5.91 Å². The number of rotatable bonds is 1. The van der Waals surface area contributed by atoms with Crippen molar-refractivity contribution in [1.29, 1.82) is 0 Å². The molecule has 0 fully saturated rings. The van der Waals surface area contributed by atoms with Crippen molar-refractivity contribution in [2.75, 3.05) is 17.7 Å². The fourth-order valence-corrected chi connectivity index (χ4v) is 3.62. The van der Waals surface area contributed by atoms with Crippen LogP contribution in [-0.4, -0.2) is 30.6 Å². The number of nitrogens with two attached hydrogens (primary N) is 2. The molecule has 0 spiro atoms. The third-order valence-corrected chi connectivity index (χ3v) is 4.56. The molecule has 1 aliphatic heterocycles. The van der Waals surface area contributed by atoms with Crippen LogP contribution >= 0.6 is 23.1 Å². The van der Waals surface area contributed by atoms with Crippen LogP contribution in [0, 0.1) is 0 Å². The average Bonchev–Trinajstić information content (AvgIpc) is 2.67. The number of anilines is 1. The normalized spacial score (nSPS) is 14.4. The van der Waals surface area contributed by atoms with Crippen LogP contribution in [0.2, 0.25) is 0 Å². The van der Waals surface area contributed by atoms with E-state index in [9.17, 15) is 9.59 Å². The van der Waals surface area contributed by atoms with Crippen molar-refractivity contribution in [3.63, 3.8) is 0 Å². The van der Waals surface area contributed by atoms with Gasteiger partial charge in [0.15, 0.2) is 5.96 Å². The van der Waals surface area contributed by atoms with E-state index in [-0.39, 0.29) is 11.9 Å². The second-order valence-electron chi connectivity index (χ2n) is 3.37. The average molecular weight is 270 g/mol. The molecule has 2 heterocycles. The molecule has 0 aromatic carbocycles. The number of aliphatic imine (C=N–C) groups is 1. The summed E-state index contributed by atoms with van der Waals surface area (Å²) < 4.78 is 0.932. The highest BCUT2D eigenvalue weighted by molar-refractivity contribution is 8.02. The number of thioether (sulfide) groups is 1. The van der Waals surface area contributed by atoms with Crippen molar-refractivity contribution in [2.24, 2.45) is 16.5 Å². The molecular weight excluding hydrogens is 260 g/mol. The first-order chi connectivity index (χ1) is 7.99. The number of carbonyl (C=O) groups is 2. The molecule has 0 saturated carbocycles. The number of hydrogen-bond acceptors (Lipinski definition) is 4. The van der Waals surface area contributed by atoms with Gasteiger partial charge in [-0.1, -0.05) is 0 Å². The molecule has 2 amide bonds. The Morgan fingerprint density at radius 2 is 2.24 bits per heavy atom. The molecule has 0 aliphatic carbocycles. The molecule has 1 aromatic rings. The number of thiophene rings is 1. The van der Waals surface area contributed by atoms with E-state index in [0.29, 0.717) is 10.6 Å². The molecule has 1 aliphatic rings. The predicted molar refractivity (Wildman–Crippen MR) is 68.6 cm³/mol. The highest BCUT2D eigenvalue weighted by atomic mass is 32.2. The minimum atomic E-state index is -0.481. The van der Waals surface area contributed by atoms with Gasteiger partial charge in [0, 0.05) is 7.05 Å².